The van der Waals surface area contributed by atoms with Crippen LogP contribution >= 0.6 is 0 Å². The van der Waals surface area contributed by atoms with Gasteiger partial charge in [-0.05, 0) is 92.0 Å². The summed E-state index contributed by atoms with van der Waals surface area (Å²) in [5.74, 6) is -1.04. The first-order valence-corrected chi connectivity index (χ1v) is 17.5. The predicted octanol–water partition coefficient (Wildman–Crippen LogP) is 9.04. The van der Waals surface area contributed by atoms with E-state index in [2.05, 4.69) is 30.7 Å². The van der Waals surface area contributed by atoms with E-state index in [1.54, 1.807) is 4.90 Å². The third-order valence-corrected chi connectivity index (χ3v) is 13.9. The van der Waals surface area contributed by atoms with Gasteiger partial charge in [-0.15, -0.1) is 13.2 Å². The zero-order valence-corrected chi connectivity index (χ0v) is 28.2. The van der Waals surface area contributed by atoms with Crippen molar-refractivity contribution < 1.29 is 50.5 Å². The number of rotatable bonds is 5. The second kappa shape index (κ2) is 10.9. The number of hydrogen-bond donors (Lipinski definition) is 1. The molecule has 1 saturated heterocycles. The first kappa shape index (κ1) is 34.3. The van der Waals surface area contributed by atoms with Gasteiger partial charge in [-0.3, -0.25) is 9.69 Å². The van der Waals surface area contributed by atoms with Crippen molar-refractivity contribution in [2.75, 3.05) is 6.54 Å². The van der Waals surface area contributed by atoms with Crippen LogP contribution in [0.2, 0.25) is 0 Å². The molecule has 1 amide bonds. The molecule has 9 rings (SSSR count). The molecular weight excluding hydrogens is 676 g/mol. The molecular formula is C39H39F6NO5. The van der Waals surface area contributed by atoms with Gasteiger partial charge in [0.1, 0.15) is 11.4 Å². The third-order valence-electron chi connectivity index (χ3n) is 13.9. The van der Waals surface area contributed by atoms with Gasteiger partial charge in [-0.25, -0.2) is 4.79 Å². The Bertz CT molecular complexity index is 1850. The maximum atomic E-state index is 14.7. The van der Waals surface area contributed by atoms with Gasteiger partial charge in [0.2, 0.25) is 0 Å². The average Bonchev–Trinajstić information content (AvgIpc) is 3.54. The number of Topliss-reactive ketones (excluding diaryl/α,β-unsaturated/α-hetero) is 1. The van der Waals surface area contributed by atoms with E-state index in [1.807, 2.05) is 6.08 Å². The van der Waals surface area contributed by atoms with Gasteiger partial charge in [0, 0.05) is 33.9 Å². The summed E-state index contributed by atoms with van der Waals surface area (Å²) < 4.78 is 89.8. The van der Waals surface area contributed by atoms with Crippen molar-refractivity contribution in [3.8, 4) is 5.75 Å². The summed E-state index contributed by atoms with van der Waals surface area (Å²) in [5.41, 5.74) is -3.18. The van der Waals surface area contributed by atoms with Gasteiger partial charge in [-0.1, -0.05) is 56.3 Å². The van der Waals surface area contributed by atoms with Crippen LogP contribution in [0.5, 0.6) is 5.75 Å². The fourth-order valence-electron chi connectivity index (χ4n) is 11.5. The Morgan fingerprint density at radius 2 is 1.63 bits per heavy atom. The minimum Gasteiger partial charge on any atom is -0.440 e. The third kappa shape index (κ3) is 4.87. The molecule has 0 aromatic heterocycles. The summed E-state index contributed by atoms with van der Waals surface area (Å²) in [7, 11) is 0. The lowest BCUT2D eigenvalue weighted by atomic mass is 9.32. The topological polar surface area (TPSA) is 76.1 Å². The molecule has 51 heavy (non-hydrogen) atoms. The predicted molar refractivity (Wildman–Crippen MR) is 172 cm³/mol. The van der Waals surface area contributed by atoms with Gasteiger partial charge in [0.05, 0.1) is 18.2 Å². The van der Waals surface area contributed by atoms with Crippen LogP contribution in [0, 0.1) is 33.5 Å². The lowest BCUT2D eigenvalue weighted by Crippen LogP contribution is -2.67. The number of carbonyl (C=O) groups is 2. The SMILES string of the molecule is C[C@]12CC[C@H]3[C@@]4(C=C[C@@]5(C=C4C(=O)c4cccc(C(F)(F)F)c4)C[C@@H](O)CC[C@]35C)[C@@H]1CC[C@@]21CN(Cc2ccc(OC(F)(F)F)cc2)C(=O)O1. The molecule has 6 nitrogen and oxygen atoms in total. The van der Waals surface area contributed by atoms with Gasteiger partial charge in [-0.2, -0.15) is 13.2 Å². The Balaban J connectivity index is 1.16. The molecule has 3 saturated carbocycles. The van der Waals surface area contributed by atoms with E-state index in [-0.39, 0.29) is 41.7 Å². The van der Waals surface area contributed by atoms with E-state index < -0.39 is 57.9 Å². The van der Waals surface area contributed by atoms with E-state index in [0.29, 0.717) is 49.7 Å². The van der Waals surface area contributed by atoms with Gasteiger partial charge in [0.25, 0.3) is 0 Å². The summed E-state index contributed by atoms with van der Waals surface area (Å²) in [4.78, 5) is 29.8. The number of aliphatic hydroxyl groups is 1. The monoisotopic (exact) mass is 715 g/mol. The number of ketones is 1. The molecule has 6 aliphatic carbocycles. The van der Waals surface area contributed by atoms with Crippen LogP contribution in [0.25, 0.3) is 0 Å². The average molecular weight is 716 g/mol. The van der Waals surface area contributed by atoms with E-state index in [1.165, 1.54) is 36.4 Å². The second-order valence-corrected chi connectivity index (χ2v) is 16.1. The summed E-state index contributed by atoms with van der Waals surface area (Å²) >= 11 is 0. The quantitative estimate of drug-likeness (QED) is 0.190. The van der Waals surface area contributed by atoms with Crippen molar-refractivity contribution in [2.24, 2.45) is 33.5 Å². The molecule has 2 aromatic rings. The van der Waals surface area contributed by atoms with Gasteiger partial charge < -0.3 is 14.6 Å². The molecule has 4 fully saturated rings. The smallest absolute Gasteiger partial charge is 0.440 e. The summed E-state index contributed by atoms with van der Waals surface area (Å²) in [6, 6.07) is 9.91. The fourth-order valence-corrected chi connectivity index (χ4v) is 11.5. The molecule has 2 bridgehead atoms. The minimum atomic E-state index is -4.82. The van der Waals surface area contributed by atoms with E-state index in [4.69, 9.17) is 4.74 Å². The highest BCUT2D eigenvalue weighted by atomic mass is 19.4. The first-order chi connectivity index (χ1) is 23.8. The van der Waals surface area contributed by atoms with Crippen LogP contribution in [-0.4, -0.2) is 46.5 Å². The molecule has 1 aliphatic heterocycles. The molecule has 12 heteroatoms. The van der Waals surface area contributed by atoms with Crippen molar-refractivity contribution >= 4 is 11.9 Å². The number of ether oxygens (including phenoxy) is 2. The van der Waals surface area contributed by atoms with E-state index in [0.717, 1.165) is 18.6 Å². The normalized spacial score (nSPS) is 38.2. The van der Waals surface area contributed by atoms with Crippen LogP contribution in [0.3, 0.4) is 0 Å². The molecule has 272 valence electrons. The van der Waals surface area contributed by atoms with Crippen LogP contribution in [0.4, 0.5) is 31.1 Å². The maximum Gasteiger partial charge on any atom is 0.573 e. The van der Waals surface area contributed by atoms with Crippen molar-refractivity contribution in [2.45, 2.75) is 89.6 Å². The van der Waals surface area contributed by atoms with Crippen LogP contribution in [0.15, 0.2) is 72.3 Å². The standard InChI is InChI=1S/C39H39F6NO5/c1-33-13-10-26(47)19-35(33)16-17-37(28(20-35)31(48)24-4-3-5-25(18-24)38(40,41)42)29(33)11-14-34(2)30(37)12-15-36(34)22-46(32(49)51-36)21-23-6-8-27(9-7-23)50-39(43,44)45/h3-9,16-18,20,26,29-30,47H,10-15,19,21-22H2,1-2H3/t26-,29+,30+,33+,34-,35-,36+,37-/m0/s1. The number of aliphatic hydroxyl groups excluding tert-OH is 1. The molecule has 8 atom stereocenters. The Hall–Kier alpha value is -3.80. The number of hydrogen-bond acceptors (Lipinski definition) is 5. The van der Waals surface area contributed by atoms with Crippen LogP contribution in [0.1, 0.15) is 80.3 Å². The Morgan fingerprint density at radius 1 is 0.941 bits per heavy atom. The molecule has 1 N–H and O–H groups in total. The van der Waals surface area contributed by atoms with Crippen molar-refractivity contribution in [3.63, 3.8) is 0 Å². The molecule has 0 radical (unpaired) electrons. The molecule has 2 aromatic carbocycles. The Morgan fingerprint density at radius 3 is 2.33 bits per heavy atom. The van der Waals surface area contributed by atoms with Gasteiger partial charge in [0.15, 0.2) is 5.78 Å². The zero-order chi connectivity index (χ0) is 36.4. The number of benzene rings is 2. The minimum absolute atomic E-state index is 0.0314. The van der Waals surface area contributed by atoms with E-state index >= 15 is 0 Å². The highest BCUT2D eigenvalue weighted by molar-refractivity contribution is 6.10. The molecule has 7 aliphatic rings. The Kier molecular flexibility index (Phi) is 7.31. The number of alkyl halides is 6. The molecule has 0 unspecified atom stereocenters. The number of nitrogens with zero attached hydrogens (tertiary/aromatic N) is 1. The largest absolute Gasteiger partial charge is 0.573 e. The van der Waals surface area contributed by atoms with Crippen molar-refractivity contribution in [3.05, 3.63) is 89.0 Å². The number of allylic oxidation sites excluding steroid dienone is 4. The summed E-state index contributed by atoms with van der Waals surface area (Å²) in [5, 5.41) is 10.9. The van der Waals surface area contributed by atoms with E-state index in [9.17, 15) is 41.0 Å². The Labute approximate surface area is 291 Å². The van der Waals surface area contributed by atoms with Gasteiger partial charge >= 0.3 is 18.6 Å². The maximum absolute atomic E-state index is 14.7. The molecule has 1 heterocycles. The summed E-state index contributed by atoms with van der Waals surface area (Å²) in [6.45, 7) is 4.71. The van der Waals surface area contributed by atoms with Crippen LogP contribution < -0.4 is 4.74 Å². The number of fused-ring (bicyclic) bond motifs is 2. The highest BCUT2D eigenvalue weighted by Gasteiger charge is 2.76. The molecule has 3 spiro atoms. The number of carbonyl (C=O) groups excluding carboxylic acids is 2. The lowest BCUT2D eigenvalue weighted by molar-refractivity contribution is -0.274. The van der Waals surface area contributed by atoms with Crippen LogP contribution in [-0.2, 0) is 17.5 Å². The number of halogens is 6. The van der Waals surface area contributed by atoms with Crippen molar-refractivity contribution in [1.82, 2.24) is 4.90 Å². The lowest BCUT2D eigenvalue weighted by Gasteiger charge is -2.71. The summed E-state index contributed by atoms with van der Waals surface area (Å²) in [6.07, 6.45) is -0.0175. The van der Waals surface area contributed by atoms with Crippen molar-refractivity contribution in [1.29, 1.82) is 0 Å². The second-order valence-electron chi connectivity index (χ2n) is 16.1. The fraction of sp³-hybridized carbons (Fsp3) is 0.538. The number of amides is 1. The first-order valence-electron chi connectivity index (χ1n) is 17.5. The zero-order valence-electron chi connectivity index (χ0n) is 28.2. The highest BCUT2D eigenvalue weighted by Crippen LogP contribution is 2.79.